The Balaban J connectivity index is 2.21. The summed E-state index contributed by atoms with van der Waals surface area (Å²) in [6.07, 6.45) is 5.56. The van der Waals surface area contributed by atoms with Crippen LogP contribution in [0.15, 0.2) is 23.9 Å². The fourth-order valence-electron chi connectivity index (χ4n) is 2.13. The fourth-order valence-corrected chi connectivity index (χ4v) is 3.98. The van der Waals surface area contributed by atoms with E-state index in [0.717, 1.165) is 22.8 Å². The second-order valence-corrected chi connectivity index (χ2v) is 6.99. The van der Waals surface area contributed by atoms with Crippen LogP contribution in [0.4, 0.5) is 5.00 Å². The van der Waals surface area contributed by atoms with E-state index in [4.69, 9.17) is 15.8 Å². The predicted octanol–water partition coefficient (Wildman–Crippen LogP) is 4.55. The summed E-state index contributed by atoms with van der Waals surface area (Å²) in [5.74, 6) is 0. The standard InChI is InChI=1S/C18H15N5S2/c1-3-23(4-2)17-8-7-14(24-17)5-6-15-12-22-18(25-15)16(11-21)13(9-19)10-20/h5-8,12H,3-4H2,1-2H3/b6-5+. The van der Waals surface area contributed by atoms with Crippen LogP contribution in [-0.4, -0.2) is 18.1 Å². The van der Waals surface area contributed by atoms with Gasteiger partial charge in [-0.25, -0.2) is 4.98 Å². The number of allylic oxidation sites excluding steroid dienone is 2. The van der Waals surface area contributed by atoms with Crippen LogP contribution in [0.5, 0.6) is 0 Å². The lowest BCUT2D eigenvalue weighted by molar-refractivity contribution is 0.876. The molecule has 5 nitrogen and oxygen atoms in total. The van der Waals surface area contributed by atoms with Gasteiger partial charge in [0.1, 0.15) is 34.4 Å². The molecule has 7 heteroatoms. The second kappa shape index (κ2) is 8.80. The van der Waals surface area contributed by atoms with Crippen molar-refractivity contribution in [2.45, 2.75) is 13.8 Å². The first-order chi connectivity index (χ1) is 12.2. The number of hydrogen-bond donors (Lipinski definition) is 0. The maximum absolute atomic E-state index is 9.17. The second-order valence-electron chi connectivity index (χ2n) is 4.83. The van der Waals surface area contributed by atoms with Crippen molar-refractivity contribution in [3.63, 3.8) is 0 Å². The molecule has 25 heavy (non-hydrogen) atoms. The van der Waals surface area contributed by atoms with Gasteiger partial charge in [0.2, 0.25) is 0 Å². The van der Waals surface area contributed by atoms with E-state index in [1.165, 1.54) is 16.3 Å². The van der Waals surface area contributed by atoms with Gasteiger partial charge in [-0.1, -0.05) is 0 Å². The molecule has 2 aromatic heterocycles. The van der Waals surface area contributed by atoms with Crippen LogP contribution >= 0.6 is 22.7 Å². The summed E-state index contributed by atoms with van der Waals surface area (Å²) in [5.41, 5.74) is -0.191. The molecule has 0 bridgehead atoms. The van der Waals surface area contributed by atoms with Crippen molar-refractivity contribution in [3.05, 3.63) is 38.7 Å². The van der Waals surface area contributed by atoms with E-state index < -0.39 is 0 Å². The Bertz CT molecular complexity index is 908. The zero-order valence-electron chi connectivity index (χ0n) is 13.9. The number of rotatable bonds is 6. The molecule has 2 rings (SSSR count). The van der Waals surface area contributed by atoms with Crippen molar-refractivity contribution in [1.29, 1.82) is 15.8 Å². The highest BCUT2D eigenvalue weighted by atomic mass is 32.1. The number of aromatic nitrogens is 1. The molecule has 0 aliphatic carbocycles. The van der Waals surface area contributed by atoms with Gasteiger partial charge in [-0.3, -0.25) is 0 Å². The van der Waals surface area contributed by atoms with Gasteiger partial charge in [0.05, 0.1) is 5.00 Å². The molecule has 0 saturated carbocycles. The van der Waals surface area contributed by atoms with Crippen molar-refractivity contribution >= 4 is 45.4 Å². The molecule has 0 unspecified atom stereocenters. The minimum Gasteiger partial charge on any atom is -0.364 e. The van der Waals surface area contributed by atoms with Gasteiger partial charge in [0.25, 0.3) is 0 Å². The Morgan fingerprint density at radius 1 is 1.04 bits per heavy atom. The van der Waals surface area contributed by atoms with Crippen molar-refractivity contribution in [2.24, 2.45) is 0 Å². The van der Waals surface area contributed by atoms with Gasteiger partial charge in [-0.15, -0.1) is 22.7 Å². The lowest BCUT2D eigenvalue weighted by Crippen LogP contribution is -2.20. The average molecular weight is 365 g/mol. The third-order valence-electron chi connectivity index (χ3n) is 3.42. The van der Waals surface area contributed by atoms with Gasteiger partial charge < -0.3 is 4.90 Å². The molecule has 0 aromatic carbocycles. The maximum atomic E-state index is 9.17. The van der Waals surface area contributed by atoms with Gasteiger partial charge >= 0.3 is 0 Å². The summed E-state index contributed by atoms with van der Waals surface area (Å²) in [6, 6.07) is 9.54. The van der Waals surface area contributed by atoms with Crippen molar-refractivity contribution in [1.82, 2.24) is 4.98 Å². The Morgan fingerprint density at radius 3 is 2.32 bits per heavy atom. The van der Waals surface area contributed by atoms with Crippen molar-refractivity contribution < 1.29 is 0 Å². The zero-order chi connectivity index (χ0) is 18.2. The fraction of sp³-hybridized carbons (Fsp3) is 0.222. The van der Waals surface area contributed by atoms with Crippen molar-refractivity contribution in [2.75, 3.05) is 18.0 Å². The third-order valence-corrected chi connectivity index (χ3v) is 5.51. The van der Waals surface area contributed by atoms with E-state index in [9.17, 15) is 0 Å². The number of hydrogen-bond acceptors (Lipinski definition) is 7. The van der Waals surface area contributed by atoms with Crippen LogP contribution in [0, 0.1) is 34.0 Å². The predicted molar refractivity (Wildman–Crippen MR) is 103 cm³/mol. The third kappa shape index (κ3) is 4.33. The van der Waals surface area contributed by atoms with E-state index in [0.29, 0.717) is 5.01 Å². The quantitative estimate of drug-likeness (QED) is 0.701. The molecule has 2 aromatic rings. The zero-order valence-corrected chi connectivity index (χ0v) is 15.5. The van der Waals surface area contributed by atoms with Crippen LogP contribution in [0.1, 0.15) is 28.6 Å². The molecule has 0 amide bonds. The molecule has 124 valence electrons. The van der Waals surface area contributed by atoms with E-state index >= 15 is 0 Å². The molecule has 2 heterocycles. The van der Waals surface area contributed by atoms with E-state index in [-0.39, 0.29) is 11.1 Å². The molecular formula is C18H15N5S2. The first kappa shape index (κ1) is 18.4. The van der Waals surface area contributed by atoms with Crippen LogP contribution in [-0.2, 0) is 0 Å². The normalized spacial score (nSPS) is 10.0. The largest absolute Gasteiger partial charge is 0.364 e. The lowest BCUT2D eigenvalue weighted by Gasteiger charge is -2.17. The minimum atomic E-state index is -0.213. The number of thiophene rings is 1. The molecule has 0 N–H and O–H groups in total. The lowest BCUT2D eigenvalue weighted by atomic mass is 10.2. The number of nitrogens with zero attached hydrogens (tertiary/aromatic N) is 5. The SMILES string of the molecule is CCN(CC)c1ccc(/C=C/c2cnc(C(C#N)=C(C#N)C#N)s2)s1. The Morgan fingerprint density at radius 2 is 1.72 bits per heavy atom. The van der Waals surface area contributed by atoms with Crippen LogP contribution < -0.4 is 4.90 Å². The van der Waals surface area contributed by atoms with E-state index in [2.05, 4.69) is 35.9 Å². The summed E-state index contributed by atoms with van der Waals surface area (Å²) in [6.45, 7) is 6.22. The van der Waals surface area contributed by atoms with Gasteiger partial charge in [0, 0.05) is 29.0 Å². The summed E-state index contributed by atoms with van der Waals surface area (Å²) in [4.78, 5) is 8.43. The highest BCUT2D eigenvalue weighted by Gasteiger charge is 2.12. The van der Waals surface area contributed by atoms with Crippen LogP contribution in [0.25, 0.3) is 17.7 Å². The molecule has 0 fully saturated rings. The summed E-state index contributed by atoms with van der Waals surface area (Å²) in [5, 5.41) is 28.6. The van der Waals surface area contributed by atoms with Gasteiger partial charge in [0.15, 0.2) is 0 Å². The number of nitriles is 3. The maximum Gasteiger partial charge on any atom is 0.150 e. The van der Waals surface area contributed by atoms with Crippen LogP contribution in [0.3, 0.4) is 0 Å². The van der Waals surface area contributed by atoms with Crippen LogP contribution in [0.2, 0.25) is 0 Å². The average Bonchev–Trinajstić information content (AvgIpc) is 3.28. The minimum absolute atomic E-state index is 0.0228. The molecule has 0 saturated heterocycles. The van der Waals surface area contributed by atoms with E-state index in [1.807, 2.05) is 18.2 Å². The molecule has 0 aliphatic heterocycles. The molecule has 0 atom stereocenters. The highest BCUT2D eigenvalue weighted by molar-refractivity contribution is 7.17. The Kier molecular flexibility index (Phi) is 6.48. The summed E-state index contributed by atoms with van der Waals surface area (Å²) < 4.78 is 0. The highest BCUT2D eigenvalue weighted by Crippen LogP contribution is 2.29. The Hall–Kier alpha value is -2.92. The smallest absolute Gasteiger partial charge is 0.150 e. The first-order valence-corrected chi connectivity index (χ1v) is 9.23. The molecular weight excluding hydrogens is 350 g/mol. The molecule has 0 aliphatic rings. The van der Waals surface area contributed by atoms with Gasteiger partial charge in [-0.05, 0) is 38.1 Å². The molecule has 0 radical (unpaired) electrons. The van der Waals surface area contributed by atoms with Gasteiger partial charge in [-0.2, -0.15) is 15.8 Å². The summed E-state index contributed by atoms with van der Waals surface area (Å²) >= 11 is 2.99. The van der Waals surface area contributed by atoms with E-state index in [1.54, 1.807) is 29.7 Å². The monoisotopic (exact) mass is 365 g/mol. The van der Waals surface area contributed by atoms with Crippen molar-refractivity contribution in [3.8, 4) is 18.2 Å². The number of thiazole rings is 1. The molecule has 0 spiro atoms. The topological polar surface area (TPSA) is 87.5 Å². The first-order valence-electron chi connectivity index (χ1n) is 7.60. The summed E-state index contributed by atoms with van der Waals surface area (Å²) in [7, 11) is 0. The Labute approximate surface area is 155 Å². The number of anilines is 1.